The number of aromatic nitrogens is 2. The summed E-state index contributed by atoms with van der Waals surface area (Å²) in [6, 6.07) is 64.5. The lowest BCUT2D eigenvalue weighted by molar-refractivity contribution is 1.13. The molecule has 0 amide bonds. The second-order valence-corrected chi connectivity index (χ2v) is 13.4. The van der Waals surface area contributed by atoms with E-state index in [1.54, 1.807) is 0 Å². The molecule has 0 N–H and O–H groups in total. The molecule has 0 saturated carbocycles. The van der Waals surface area contributed by atoms with E-state index in [9.17, 15) is 0 Å². The van der Waals surface area contributed by atoms with Gasteiger partial charge in [0.2, 0.25) is 0 Å². The third-order valence-corrected chi connectivity index (χ3v) is 10.7. The van der Waals surface area contributed by atoms with E-state index in [4.69, 9.17) is 0 Å². The second kappa shape index (κ2) is 10.4. The Balaban J connectivity index is 1.06. The Kier molecular flexibility index (Phi) is 5.70. The van der Waals surface area contributed by atoms with Crippen molar-refractivity contribution in [2.45, 2.75) is 0 Å². The molecule has 0 spiro atoms. The van der Waals surface area contributed by atoms with Crippen molar-refractivity contribution in [1.29, 1.82) is 0 Å². The van der Waals surface area contributed by atoms with Gasteiger partial charge in [0.15, 0.2) is 0 Å². The molecule has 2 nitrogen and oxygen atoms in total. The second-order valence-electron chi connectivity index (χ2n) is 13.4. The zero-order chi connectivity index (χ0) is 32.8. The highest BCUT2D eigenvalue weighted by Crippen LogP contribution is 2.41. The van der Waals surface area contributed by atoms with Gasteiger partial charge in [0.25, 0.3) is 0 Å². The molecule has 0 saturated heterocycles. The van der Waals surface area contributed by atoms with E-state index in [0.717, 1.165) is 11.4 Å². The standard InChI is InChI=1S/C48H30N2/c1-2-7-31(8-3-1)32-15-21-37(22-16-32)49-30-29-43-44(49)28-27-42-40-11-4-5-12-45(40)50(48(42)43)38-23-17-33(18-24-38)39-25-19-36-14-13-34-9-6-10-35-20-26-41(39)47(36)46(34)35/h1-30H. The SMILES string of the molecule is c1ccc(-c2ccc(-n3ccc4c3ccc3c5ccccc5n(-c5ccc(-c6ccc7ccc8cccc9ccc6c7c89)cc5)c34)cc2)cc1. The van der Waals surface area contributed by atoms with Crippen LogP contribution in [-0.2, 0) is 0 Å². The zero-order valence-electron chi connectivity index (χ0n) is 27.2. The van der Waals surface area contributed by atoms with Crippen LogP contribution in [0.25, 0.3) is 98.7 Å². The van der Waals surface area contributed by atoms with Gasteiger partial charge in [0.05, 0.1) is 16.6 Å². The van der Waals surface area contributed by atoms with Crippen LogP contribution < -0.4 is 0 Å². The lowest BCUT2D eigenvalue weighted by Crippen LogP contribution is -1.95. The Bertz CT molecular complexity index is 3040. The van der Waals surface area contributed by atoms with Gasteiger partial charge in [0.1, 0.15) is 0 Å². The summed E-state index contributed by atoms with van der Waals surface area (Å²) in [7, 11) is 0. The van der Waals surface area contributed by atoms with Gasteiger partial charge in [-0.2, -0.15) is 0 Å². The molecule has 2 heterocycles. The molecule has 0 atom stereocenters. The van der Waals surface area contributed by atoms with Gasteiger partial charge in [-0.15, -0.1) is 0 Å². The predicted octanol–water partition coefficient (Wildman–Crippen LogP) is 13.0. The summed E-state index contributed by atoms with van der Waals surface area (Å²) in [4.78, 5) is 0. The predicted molar refractivity (Wildman–Crippen MR) is 212 cm³/mol. The quantitative estimate of drug-likeness (QED) is 0.171. The van der Waals surface area contributed by atoms with E-state index in [1.807, 2.05) is 0 Å². The molecular weight excluding hydrogens is 605 g/mol. The number of nitrogens with zero attached hydrogens (tertiary/aromatic N) is 2. The first-order valence-corrected chi connectivity index (χ1v) is 17.3. The average Bonchev–Trinajstić information content (AvgIpc) is 3.77. The highest BCUT2D eigenvalue weighted by molar-refractivity contribution is 6.25. The highest BCUT2D eigenvalue weighted by Gasteiger charge is 2.18. The molecule has 0 aliphatic heterocycles. The minimum Gasteiger partial charge on any atom is -0.316 e. The van der Waals surface area contributed by atoms with Gasteiger partial charge < -0.3 is 9.13 Å². The topological polar surface area (TPSA) is 9.86 Å². The first kappa shape index (κ1) is 27.3. The van der Waals surface area contributed by atoms with Crippen molar-refractivity contribution in [2.75, 3.05) is 0 Å². The van der Waals surface area contributed by atoms with Gasteiger partial charge in [-0.3, -0.25) is 0 Å². The maximum Gasteiger partial charge on any atom is 0.0635 e. The number of rotatable bonds is 4. The molecule has 11 rings (SSSR count). The van der Waals surface area contributed by atoms with Crippen LogP contribution in [-0.4, -0.2) is 9.13 Å². The molecule has 2 heteroatoms. The monoisotopic (exact) mass is 634 g/mol. The van der Waals surface area contributed by atoms with E-state index >= 15 is 0 Å². The summed E-state index contributed by atoms with van der Waals surface area (Å²) in [5, 5.41) is 11.7. The first-order chi connectivity index (χ1) is 24.8. The van der Waals surface area contributed by atoms with Gasteiger partial charge in [-0.25, -0.2) is 0 Å². The van der Waals surface area contributed by atoms with E-state index in [1.165, 1.54) is 87.3 Å². The first-order valence-electron chi connectivity index (χ1n) is 17.3. The van der Waals surface area contributed by atoms with Crippen molar-refractivity contribution in [3.8, 4) is 33.6 Å². The minimum atomic E-state index is 1.15. The van der Waals surface area contributed by atoms with Gasteiger partial charge in [-0.05, 0) is 97.0 Å². The smallest absolute Gasteiger partial charge is 0.0635 e. The third kappa shape index (κ3) is 3.90. The molecule has 0 bridgehead atoms. The van der Waals surface area contributed by atoms with Crippen LogP contribution in [0.1, 0.15) is 0 Å². The van der Waals surface area contributed by atoms with Crippen LogP contribution in [0.2, 0.25) is 0 Å². The maximum atomic E-state index is 2.45. The maximum absolute atomic E-state index is 2.45. The summed E-state index contributed by atoms with van der Waals surface area (Å²) in [5.74, 6) is 0. The minimum absolute atomic E-state index is 1.15. The highest BCUT2D eigenvalue weighted by atomic mass is 15.0. The Morgan fingerprint density at radius 3 is 1.78 bits per heavy atom. The molecule has 0 fully saturated rings. The van der Waals surface area contributed by atoms with Gasteiger partial charge in [-0.1, -0.05) is 133 Å². The molecular formula is C48H30N2. The van der Waals surface area contributed by atoms with Crippen molar-refractivity contribution >= 4 is 65.0 Å². The Morgan fingerprint density at radius 1 is 0.320 bits per heavy atom. The fourth-order valence-electron chi connectivity index (χ4n) is 8.39. The number of benzene rings is 9. The Hall–Kier alpha value is -6.64. The summed E-state index contributed by atoms with van der Waals surface area (Å²) >= 11 is 0. The van der Waals surface area contributed by atoms with Crippen molar-refractivity contribution in [2.24, 2.45) is 0 Å². The Labute approximate surface area is 289 Å². The molecule has 11 aromatic rings. The molecule has 0 radical (unpaired) electrons. The largest absolute Gasteiger partial charge is 0.316 e. The van der Waals surface area contributed by atoms with E-state index in [2.05, 4.69) is 191 Å². The fraction of sp³-hybridized carbons (Fsp3) is 0. The van der Waals surface area contributed by atoms with Crippen molar-refractivity contribution in [1.82, 2.24) is 9.13 Å². The van der Waals surface area contributed by atoms with Crippen molar-refractivity contribution in [3.63, 3.8) is 0 Å². The molecule has 9 aromatic carbocycles. The third-order valence-electron chi connectivity index (χ3n) is 10.7. The van der Waals surface area contributed by atoms with Crippen LogP contribution in [0.4, 0.5) is 0 Å². The molecule has 0 unspecified atom stereocenters. The normalized spacial score (nSPS) is 12.0. The number of hydrogen-bond acceptors (Lipinski definition) is 0. The number of para-hydroxylation sites is 1. The van der Waals surface area contributed by atoms with Gasteiger partial charge >= 0.3 is 0 Å². The van der Waals surface area contributed by atoms with Crippen molar-refractivity contribution < 1.29 is 0 Å². The van der Waals surface area contributed by atoms with Crippen LogP contribution in [0.5, 0.6) is 0 Å². The number of hydrogen-bond donors (Lipinski definition) is 0. The molecule has 2 aromatic heterocycles. The van der Waals surface area contributed by atoms with Crippen LogP contribution in [0.15, 0.2) is 182 Å². The molecule has 0 aliphatic carbocycles. The fourth-order valence-corrected chi connectivity index (χ4v) is 8.39. The van der Waals surface area contributed by atoms with Crippen LogP contribution >= 0.6 is 0 Å². The lowest BCUT2D eigenvalue weighted by Gasteiger charge is -2.15. The van der Waals surface area contributed by atoms with E-state index in [0.29, 0.717) is 0 Å². The van der Waals surface area contributed by atoms with Crippen LogP contribution in [0, 0.1) is 0 Å². The van der Waals surface area contributed by atoms with E-state index < -0.39 is 0 Å². The van der Waals surface area contributed by atoms with Crippen LogP contribution in [0.3, 0.4) is 0 Å². The summed E-state index contributed by atoms with van der Waals surface area (Å²) in [5.41, 5.74) is 10.9. The van der Waals surface area contributed by atoms with E-state index in [-0.39, 0.29) is 0 Å². The zero-order valence-corrected chi connectivity index (χ0v) is 27.2. The Morgan fingerprint density at radius 2 is 0.960 bits per heavy atom. The summed E-state index contributed by atoms with van der Waals surface area (Å²) in [6.45, 7) is 0. The summed E-state index contributed by atoms with van der Waals surface area (Å²) < 4.78 is 4.76. The number of fused-ring (bicyclic) bond motifs is 5. The lowest BCUT2D eigenvalue weighted by atomic mass is 9.90. The molecule has 232 valence electrons. The average molecular weight is 635 g/mol. The van der Waals surface area contributed by atoms with Gasteiger partial charge in [0, 0.05) is 33.7 Å². The van der Waals surface area contributed by atoms with Crippen molar-refractivity contribution in [3.05, 3.63) is 182 Å². The summed E-state index contributed by atoms with van der Waals surface area (Å²) in [6.07, 6.45) is 2.21. The molecule has 50 heavy (non-hydrogen) atoms. The molecule has 0 aliphatic rings.